The van der Waals surface area contributed by atoms with E-state index in [2.05, 4.69) is 9.97 Å². The Hall–Kier alpha value is -2.98. The highest BCUT2D eigenvalue weighted by Gasteiger charge is 2.45. The van der Waals surface area contributed by atoms with Gasteiger partial charge in [-0.25, -0.2) is 18.7 Å². The van der Waals surface area contributed by atoms with Crippen LogP contribution < -0.4 is 14.5 Å². The van der Waals surface area contributed by atoms with Gasteiger partial charge in [-0.2, -0.15) is 13.2 Å². The lowest BCUT2D eigenvalue weighted by molar-refractivity contribution is -0.190. The van der Waals surface area contributed by atoms with E-state index in [0.717, 1.165) is 25.4 Å². The fourth-order valence-corrected chi connectivity index (χ4v) is 4.54. The quantitative estimate of drug-likeness (QED) is 0.610. The molecule has 2 saturated heterocycles. The van der Waals surface area contributed by atoms with E-state index < -0.39 is 29.5 Å². The number of hydrogen-bond donors (Lipinski definition) is 0. The molecule has 1 aromatic carbocycles. The zero-order valence-electron chi connectivity index (χ0n) is 17.9. The predicted molar refractivity (Wildman–Crippen MR) is 110 cm³/mol. The molecule has 2 aromatic rings. The number of nitrogens with zero attached hydrogens (tertiary/aromatic N) is 4. The molecule has 0 N–H and O–H groups in total. The molecule has 0 radical (unpaired) electrons. The van der Waals surface area contributed by atoms with Crippen molar-refractivity contribution in [3.8, 4) is 5.88 Å². The van der Waals surface area contributed by atoms with E-state index >= 15 is 0 Å². The summed E-state index contributed by atoms with van der Waals surface area (Å²) in [7, 11) is 0. The number of rotatable bonds is 4. The van der Waals surface area contributed by atoms with Gasteiger partial charge in [0.15, 0.2) is 17.7 Å². The fourth-order valence-electron chi connectivity index (χ4n) is 4.54. The van der Waals surface area contributed by atoms with Crippen LogP contribution >= 0.6 is 0 Å². The van der Waals surface area contributed by atoms with Crippen LogP contribution in [0.2, 0.25) is 0 Å². The largest absolute Gasteiger partial charge is 0.465 e. The number of carbonyl (C=O) groups excluding carboxylic acids is 1. The molecule has 0 aliphatic carbocycles. The Bertz CT molecular complexity index is 1020. The number of ether oxygens (including phenoxy) is 1. The zero-order chi connectivity index (χ0) is 23.8. The molecule has 2 fully saturated rings. The number of piperidine rings is 2. The minimum Gasteiger partial charge on any atom is -0.465 e. The first kappa shape index (κ1) is 23.2. The molecule has 2 aliphatic rings. The molecule has 33 heavy (non-hydrogen) atoms. The van der Waals surface area contributed by atoms with Crippen LogP contribution in [0.25, 0.3) is 0 Å². The highest BCUT2D eigenvalue weighted by molar-refractivity contribution is 5.95. The summed E-state index contributed by atoms with van der Waals surface area (Å²) in [6.07, 6.45) is -2.56. The van der Waals surface area contributed by atoms with Gasteiger partial charge in [0.05, 0.1) is 5.54 Å². The Morgan fingerprint density at radius 1 is 1.06 bits per heavy atom. The Morgan fingerprint density at radius 3 is 2.45 bits per heavy atom. The average molecular weight is 470 g/mol. The molecular weight excluding hydrogens is 447 g/mol. The van der Waals surface area contributed by atoms with Crippen molar-refractivity contribution in [3.05, 3.63) is 42.2 Å². The normalized spacial score (nSPS) is 19.6. The van der Waals surface area contributed by atoms with Crippen LogP contribution in [0, 0.1) is 11.6 Å². The monoisotopic (exact) mass is 470 g/mol. The zero-order valence-corrected chi connectivity index (χ0v) is 17.9. The highest BCUT2D eigenvalue weighted by atomic mass is 19.4. The standard InChI is InChI=1S/C22H23F5N4O2/c1-14(22(25,26)27)33-19-12-18(28-13-29-19)30-9-7-21(8-10-30)6-2-3-20(32)31(21)15-4-5-16(23)17(24)11-15/h4-5,11-14H,2-3,6-10H2,1H3. The van der Waals surface area contributed by atoms with Gasteiger partial charge in [-0.1, -0.05) is 0 Å². The number of benzene rings is 1. The van der Waals surface area contributed by atoms with E-state index in [1.54, 1.807) is 4.90 Å². The van der Waals surface area contributed by atoms with Crippen molar-refractivity contribution in [2.24, 2.45) is 0 Å². The fraction of sp³-hybridized carbons (Fsp3) is 0.500. The van der Waals surface area contributed by atoms with Gasteiger partial charge in [-0.05, 0) is 44.7 Å². The average Bonchev–Trinajstić information content (AvgIpc) is 2.76. The second-order valence-corrected chi connectivity index (χ2v) is 8.41. The van der Waals surface area contributed by atoms with Crippen LogP contribution in [0.5, 0.6) is 5.88 Å². The molecular formula is C22H23F5N4O2. The van der Waals surface area contributed by atoms with Gasteiger partial charge in [-0.3, -0.25) is 4.79 Å². The van der Waals surface area contributed by atoms with E-state index in [-0.39, 0.29) is 11.8 Å². The van der Waals surface area contributed by atoms with Crippen molar-refractivity contribution < 1.29 is 31.5 Å². The Balaban J connectivity index is 1.51. The summed E-state index contributed by atoms with van der Waals surface area (Å²) < 4.78 is 70.6. The third kappa shape index (κ3) is 4.72. The van der Waals surface area contributed by atoms with Gasteiger partial charge in [0.1, 0.15) is 12.1 Å². The molecule has 0 bridgehead atoms. The summed E-state index contributed by atoms with van der Waals surface area (Å²) in [5, 5.41) is 0. The van der Waals surface area contributed by atoms with E-state index in [1.807, 2.05) is 4.90 Å². The van der Waals surface area contributed by atoms with E-state index in [4.69, 9.17) is 4.74 Å². The van der Waals surface area contributed by atoms with Gasteiger partial charge in [-0.15, -0.1) is 0 Å². The first-order valence-electron chi connectivity index (χ1n) is 10.7. The van der Waals surface area contributed by atoms with Crippen LogP contribution in [0.1, 0.15) is 39.0 Å². The SMILES string of the molecule is CC(Oc1cc(N2CCC3(CCCC(=O)N3c3ccc(F)c(F)c3)CC2)ncn1)C(F)(F)F. The first-order valence-corrected chi connectivity index (χ1v) is 10.7. The van der Waals surface area contributed by atoms with Crippen molar-refractivity contribution in [2.45, 2.75) is 56.8 Å². The summed E-state index contributed by atoms with van der Waals surface area (Å²) in [6.45, 7) is 1.84. The number of amides is 1. The van der Waals surface area contributed by atoms with Gasteiger partial charge in [0.25, 0.3) is 0 Å². The molecule has 1 unspecified atom stereocenters. The molecule has 1 spiro atoms. The number of halogens is 5. The Labute approximate surface area is 187 Å². The summed E-state index contributed by atoms with van der Waals surface area (Å²) in [6, 6.07) is 4.83. The lowest BCUT2D eigenvalue weighted by atomic mass is 9.78. The topological polar surface area (TPSA) is 58.6 Å². The van der Waals surface area contributed by atoms with Gasteiger partial charge >= 0.3 is 6.18 Å². The highest BCUT2D eigenvalue weighted by Crippen LogP contribution is 2.42. The van der Waals surface area contributed by atoms with Crippen LogP contribution in [0.3, 0.4) is 0 Å². The van der Waals surface area contributed by atoms with E-state index in [1.165, 1.54) is 12.1 Å². The number of hydrogen-bond acceptors (Lipinski definition) is 5. The third-order valence-corrected chi connectivity index (χ3v) is 6.32. The smallest absolute Gasteiger partial charge is 0.425 e. The number of anilines is 2. The molecule has 1 atom stereocenters. The molecule has 2 aliphatic heterocycles. The number of aromatic nitrogens is 2. The second-order valence-electron chi connectivity index (χ2n) is 8.41. The van der Waals surface area contributed by atoms with E-state index in [0.29, 0.717) is 56.7 Å². The minimum absolute atomic E-state index is 0.139. The van der Waals surface area contributed by atoms with Crippen LogP contribution in [-0.4, -0.2) is 46.8 Å². The Kier molecular flexibility index (Phi) is 6.15. The molecule has 6 nitrogen and oxygen atoms in total. The van der Waals surface area contributed by atoms with E-state index in [9.17, 15) is 26.7 Å². The second kappa shape index (κ2) is 8.75. The summed E-state index contributed by atoms with van der Waals surface area (Å²) in [5.74, 6) is -1.89. The number of alkyl halides is 3. The molecule has 3 heterocycles. The molecule has 1 amide bonds. The van der Waals surface area contributed by atoms with Crippen molar-refractivity contribution in [3.63, 3.8) is 0 Å². The van der Waals surface area contributed by atoms with Crippen molar-refractivity contribution >= 4 is 17.4 Å². The molecule has 1 aromatic heterocycles. The molecule has 11 heteroatoms. The maximum atomic E-state index is 13.9. The minimum atomic E-state index is -4.51. The third-order valence-electron chi connectivity index (χ3n) is 6.32. The van der Waals surface area contributed by atoms with Crippen LogP contribution in [0.15, 0.2) is 30.6 Å². The van der Waals surface area contributed by atoms with Crippen LogP contribution in [0.4, 0.5) is 33.5 Å². The summed E-state index contributed by atoms with van der Waals surface area (Å²) in [5.41, 5.74) is -0.223. The van der Waals surface area contributed by atoms with Crippen molar-refractivity contribution in [2.75, 3.05) is 22.9 Å². The molecule has 4 rings (SSSR count). The van der Waals surface area contributed by atoms with Gasteiger partial charge < -0.3 is 14.5 Å². The summed E-state index contributed by atoms with van der Waals surface area (Å²) >= 11 is 0. The maximum Gasteiger partial charge on any atom is 0.425 e. The van der Waals surface area contributed by atoms with Crippen LogP contribution in [-0.2, 0) is 4.79 Å². The van der Waals surface area contributed by atoms with Crippen molar-refractivity contribution in [1.29, 1.82) is 0 Å². The number of carbonyl (C=O) groups is 1. The summed E-state index contributed by atoms with van der Waals surface area (Å²) in [4.78, 5) is 24.2. The first-order chi connectivity index (χ1) is 15.6. The van der Waals surface area contributed by atoms with Crippen molar-refractivity contribution in [1.82, 2.24) is 9.97 Å². The molecule has 178 valence electrons. The van der Waals surface area contributed by atoms with Gasteiger partial charge in [0.2, 0.25) is 11.8 Å². The maximum absolute atomic E-state index is 13.9. The van der Waals surface area contributed by atoms with Gasteiger partial charge in [0, 0.05) is 37.3 Å². The lowest BCUT2D eigenvalue weighted by Gasteiger charge is -2.51. The lowest BCUT2D eigenvalue weighted by Crippen LogP contribution is -2.60. The predicted octanol–water partition coefficient (Wildman–Crippen LogP) is 4.64. The Morgan fingerprint density at radius 2 is 1.79 bits per heavy atom. The molecule has 0 saturated carbocycles.